The molecular formula is C21H16F4N2. The first kappa shape index (κ1) is 17.4. The molecule has 4 rings (SSSR count). The Bertz CT molecular complexity index is 936. The molecule has 0 fully saturated rings. The molecule has 0 aromatic heterocycles. The van der Waals surface area contributed by atoms with Crippen LogP contribution in [0.2, 0.25) is 0 Å². The average Bonchev–Trinajstić information content (AvgIpc) is 2.67. The fourth-order valence-corrected chi connectivity index (χ4v) is 3.32. The number of hydrogen-bond donors (Lipinski definition) is 1. The minimum Gasteiger partial charge on any atom is -0.383 e. The minimum atomic E-state index is -4.37. The van der Waals surface area contributed by atoms with Gasteiger partial charge in [0.1, 0.15) is 5.82 Å². The summed E-state index contributed by atoms with van der Waals surface area (Å²) in [5, 5.41) is 3.31. The van der Waals surface area contributed by atoms with Gasteiger partial charge in [-0.1, -0.05) is 18.2 Å². The van der Waals surface area contributed by atoms with Crippen LogP contribution in [0.15, 0.2) is 78.2 Å². The molecule has 27 heavy (non-hydrogen) atoms. The van der Waals surface area contributed by atoms with Gasteiger partial charge < -0.3 is 10.2 Å². The summed E-state index contributed by atoms with van der Waals surface area (Å²) in [7, 11) is 0. The van der Waals surface area contributed by atoms with Gasteiger partial charge in [-0.15, -0.1) is 0 Å². The van der Waals surface area contributed by atoms with E-state index in [0.29, 0.717) is 12.1 Å². The molecule has 0 atom stereocenters. The molecular weight excluding hydrogens is 356 g/mol. The molecule has 0 saturated heterocycles. The third-order valence-electron chi connectivity index (χ3n) is 4.62. The number of rotatable bonds is 2. The second kappa shape index (κ2) is 6.61. The molecule has 0 saturated carbocycles. The van der Waals surface area contributed by atoms with E-state index in [1.807, 2.05) is 23.3 Å². The normalized spacial score (nSPS) is 16.7. The van der Waals surface area contributed by atoms with Crippen molar-refractivity contribution >= 4 is 11.4 Å². The Morgan fingerprint density at radius 1 is 0.926 bits per heavy atom. The summed E-state index contributed by atoms with van der Waals surface area (Å²) in [5.74, 6) is -0.325. The molecule has 138 valence electrons. The highest BCUT2D eigenvalue weighted by atomic mass is 19.4. The largest absolute Gasteiger partial charge is 0.416 e. The molecule has 6 heteroatoms. The van der Waals surface area contributed by atoms with Crippen molar-refractivity contribution in [2.75, 3.05) is 11.4 Å². The summed E-state index contributed by atoms with van der Waals surface area (Å²) in [6.07, 6.45) is 2.21. The van der Waals surface area contributed by atoms with Gasteiger partial charge in [-0.25, -0.2) is 4.39 Å². The zero-order valence-corrected chi connectivity index (χ0v) is 14.2. The summed E-state index contributed by atoms with van der Waals surface area (Å²) >= 11 is 0. The molecule has 0 bridgehead atoms. The van der Waals surface area contributed by atoms with Gasteiger partial charge in [0, 0.05) is 18.4 Å². The van der Waals surface area contributed by atoms with Crippen molar-refractivity contribution in [1.82, 2.24) is 5.32 Å². The fourth-order valence-electron chi connectivity index (χ4n) is 3.32. The van der Waals surface area contributed by atoms with Gasteiger partial charge in [0.15, 0.2) is 0 Å². The van der Waals surface area contributed by atoms with Crippen molar-refractivity contribution < 1.29 is 17.6 Å². The lowest BCUT2D eigenvalue weighted by atomic mass is 9.95. The second-order valence-electron chi connectivity index (χ2n) is 6.36. The number of hydrogen-bond acceptors (Lipinski definition) is 2. The van der Waals surface area contributed by atoms with Gasteiger partial charge in [0.25, 0.3) is 0 Å². The van der Waals surface area contributed by atoms with Crippen LogP contribution in [0.1, 0.15) is 17.5 Å². The quantitative estimate of drug-likeness (QED) is 0.704. The summed E-state index contributed by atoms with van der Waals surface area (Å²) < 4.78 is 51.9. The lowest BCUT2D eigenvalue weighted by molar-refractivity contribution is -0.137. The predicted octanol–water partition coefficient (Wildman–Crippen LogP) is 5.47. The van der Waals surface area contributed by atoms with E-state index in [0.717, 1.165) is 41.2 Å². The van der Waals surface area contributed by atoms with Crippen LogP contribution in [0.5, 0.6) is 0 Å². The van der Waals surface area contributed by atoms with Crippen LogP contribution in [0.25, 0.3) is 5.70 Å². The zero-order chi connectivity index (χ0) is 19.0. The number of anilines is 1. The molecule has 0 radical (unpaired) electrons. The Kier molecular flexibility index (Phi) is 4.26. The molecule has 0 spiro atoms. The number of nitrogens with zero attached hydrogens (tertiary/aromatic N) is 1. The van der Waals surface area contributed by atoms with E-state index >= 15 is 0 Å². The van der Waals surface area contributed by atoms with Gasteiger partial charge in [0.2, 0.25) is 0 Å². The number of halogens is 4. The lowest BCUT2D eigenvalue weighted by Crippen LogP contribution is -2.31. The monoisotopic (exact) mass is 372 g/mol. The van der Waals surface area contributed by atoms with E-state index in [2.05, 4.69) is 5.32 Å². The van der Waals surface area contributed by atoms with E-state index in [1.165, 1.54) is 24.3 Å². The Balaban J connectivity index is 1.80. The molecule has 0 amide bonds. The number of nitrogens with one attached hydrogen (secondary N) is 1. The maximum absolute atomic E-state index is 13.3. The van der Waals surface area contributed by atoms with Crippen LogP contribution in [-0.4, -0.2) is 6.54 Å². The van der Waals surface area contributed by atoms with Crippen LogP contribution in [0.4, 0.5) is 23.2 Å². The first-order valence-electron chi connectivity index (χ1n) is 8.52. The van der Waals surface area contributed by atoms with Crippen LogP contribution in [0.3, 0.4) is 0 Å². The number of alkyl halides is 3. The van der Waals surface area contributed by atoms with Crippen LogP contribution in [0, 0.1) is 5.82 Å². The molecule has 2 aliphatic rings. The summed E-state index contributed by atoms with van der Waals surface area (Å²) in [6.45, 7) is 0.691. The van der Waals surface area contributed by atoms with Crippen molar-refractivity contribution in [2.45, 2.75) is 12.6 Å². The second-order valence-corrected chi connectivity index (χ2v) is 6.36. The van der Waals surface area contributed by atoms with Gasteiger partial charge >= 0.3 is 6.18 Å². The summed E-state index contributed by atoms with van der Waals surface area (Å²) in [6, 6.07) is 11.2. The smallest absolute Gasteiger partial charge is 0.383 e. The Morgan fingerprint density at radius 3 is 2.30 bits per heavy atom. The van der Waals surface area contributed by atoms with Crippen molar-refractivity contribution in [3.63, 3.8) is 0 Å². The standard InChI is InChI=1S/C21H16F4N2/c22-17-7-9-18(10-8-17)27-13-1-2-15-11-12-26-19(20(15)27)14-3-5-16(6-4-14)21(23,24)25/h1-10,13,26H,11-12H2. The Hall–Kier alpha value is -3.02. The number of allylic oxidation sites excluding steroid dienone is 3. The van der Waals surface area contributed by atoms with Crippen molar-refractivity contribution in [2.24, 2.45) is 0 Å². The predicted molar refractivity (Wildman–Crippen MR) is 97.1 cm³/mol. The number of benzene rings is 2. The van der Waals surface area contributed by atoms with E-state index in [9.17, 15) is 17.6 Å². The molecule has 2 aliphatic heterocycles. The molecule has 2 nitrogen and oxygen atoms in total. The highest BCUT2D eigenvalue weighted by Gasteiger charge is 2.31. The maximum atomic E-state index is 13.3. The highest BCUT2D eigenvalue weighted by Crippen LogP contribution is 2.37. The van der Waals surface area contributed by atoms with Crippen LogP contribution < -0.4 is 10.2 Å². The summed E-state index contributed by atoms with van der Waals surface area (Å²) in [4.78, 5) is 1.92. The average molecular weight is 372 g/mol. The van der Waals surface area contributed by atoms with E-state index in [1.54, 1.807) is 12.1 Å². The van der Waals surface area contributed by atoms with Crippen LogP contribution in [-0.2, 0) is 6.18 Å². The maximum Gasteiger partial charge on any atom is 0.416 e. The number of fused-ring (bicyclic) bond motifs is 1. The van der Waals surface area contributed by atoms with Gasteiger partial charge in [-0.3, -0.25) is 0 Å². The first-order chi connectivity index (χ1) is 12.9. The van der Waals surface area contributed by atoms with Gasteiger partial charge in [-0.2, -0.15) is 13.2 Å². The summed E-state index contributed by atoms with van der Waals surface area (Å²) in [5.41, 5.74) is 3.48. The first-order valence-corrected chi connectivity index (χ1v) is 8.52. The third kappa shape index (κ3) is 3.35. The van der Waals surface area contributed by atoms with Crippen LogP contribution >= 0.6 is 0 Å². The highest BCUT2D eigenvalue weighted by molar-refractivity contribution is 5.79. The molecule has 2 heterocycles. The zero-order valence-electron chi connectivity index (χ0n) is 14.2. The minimum absolute atomic E-state index is 0.325. The molecule has 2 aromatic carbocycles. The van der Waals surface area contributed by atoms with Crippen molar-refractivity contribution in [1.29, 1.82) is 0 Å². The van der Waals surface area contributed by atoms with E-state index in [4.69, 9.17) is 0 Å². The molecule has 1 N–H and O–H groups in total. The lowest BCUT2D eigenvalue weighted by Gasteiger charge is -2.34. The SMILES string of the molecule is Fc1ccc(N2C=CC=C3CCNC(c4ccc(C(F)(F)F)cc4)=C32)cc1. The molecule has 0 aliphatic carbocycles. The Labute approximate surface area is 154 Å². The van der Waals surface area contributed by atoms with Crippen molar-refractivity contribution in [3.8, 4) is 0 Å². The van der Waals surface area contributed by atoms with Gasteiger partial charge in [0.05, 0.1) is 17.0 Å². The van der Waals surface area contributed by atoms with E-state index < -0.39 is 11.7 Å². The molecule has 2 aromatic rings. The van der Waals surface area contributed by atoms with Gasteiger partial charge in [-0.05, 0) is 60.0 Å². The third-order valence-corrected chi connectivity index (χ3v) is 4.62. The Morgan fingerprint density at radius 2 is 1.63 bits per heavy atom. The van der Waals surface area contributed by atoms with Crippen molar-refractivity contribution in [3.05, 3.63) is 95.1 Å². The topological polar surface area (TPSA) is 15.3 Å². The fraction of sp³-hybridized carbons (Fsp3) is 0.143. The van der Waals surface area contributed by atoms with E-state index in [-0.39, 0.29) is 5.82 Å². The molecule has 0 unspecified atom stereocenters.